The number of hydrogen-bond acceptors (Lipinski definition) is 3. The zero-order valence-electron chi connectivity index (χ0n) is 7.86. The first-order valence-electron chi connectivity index (χ1n) is 4.65. The van der Waals surface area contributed by atoms with E-state index in [1.165, 1.54) is 0 Å². The second-order valence-corrected chi connectivity index (χ2v) is 4.18. The highest BCUT2D eigenvalue weighted by Crippen LogP contribution is 2.32. The Morgan fingerprint density at radius 2 is 2.31 bits per heavy atom. The number of aliphatic hydroxyl groups excluding tert-OH is 1. The van der Waals surface area contributed by atoms with Crippen LogP contribution in [0.3, 0.4) is 0 Å². The molecular weight excluding hydrogens is 170 g/mol. The van der Waals surface area contributed by atoms with Crippen LogP contribution in [-0.2, 0) is 4.79 Å². The fourth-order valence-corrected chi connectivity index (χ4v) is 2.13. The molecule has 76 valence electrons. The van der Waals surface area contributed by atoms with Crippen LogP contribution in [0.15, 0.2) is 0 Å². The van der Waals surface area contributed by atoms with E-state index in [9.17, 15) is 9.90 Å². The van der Waals surface area contributed by atoms with Crippen LogP contribution in [0, 0.1) is 5.92 Å². The van der Waals surface area contributed by atoms with Gasteiger partial charge in [-0.05, 0) is 18.8 Å². The van der Waals surface area contributed by atoms with Crippen LogP contribution in [0.1, 0.15) is 32.6 Å². The molecule has 13 heavy (non-hydrogen) atoms. The molecule has 3 unspecified atom stereocenters. The second kappa shape index (κ2) is 3.64. The number of aliphatic hydroxyl groups is 1. The van der Waals surface area contributed by atoms with Crippen molar-refractivity contribution >= 4 is 5.97 Å². The number of carbonyl (C=O) groups is 1. The number of aliphatic carboxylic acids is 1. The van der Waals surface area contributed by atoms with E-state index in [1.54, 1.807) is 0 Å². The Morgan fingerprint density at radius 1 is 1.69 bits per heavy atom. The monoisotopic (exact) mass is 187 g/mol. The van der Waals surface area contributed by atoms with Gasteiger partial charge in [-0.3, -0.25) is 0 Å². The van der Waals surface area contributed by atoms with Gasteiger partial charge in [0.25, 0.3) is 0 Å². The van der Waals surface area contributed by atoms with E-state index in [-0.39, 0.29) is 0 Å². The fraction of sp³-hybridized carbons (Fsp3) is 0.889. The zero-order chi connectivity index (χ0) is 10.1. The molecule has 0 spiro atoms. The molecule has 0 aromatic rings. The summed E-state index contributed by atoms with van der Waals surface area (Å²) in [7, 11) is 0. The molecular formula is C9H17NO3. The summed E-state index contributed by atoms with van der Waals surface area (Å²) >= 11 is 0. The van der Waals surface area contributed by atoms with Crippen LogP contribution in [0.25, 0.3) is 0 Å². The van der Waals surface area contributed by atoms with Crippen molar-refractivity contribution in [3.8, 4) is 0 Å². The number of carboxylic acid groups (broad SMARTS) is 1. The minimum absolute atomic E-state index is 0.410. The predicted octanol–water partition coefficient (Wildman–Crippen LogP) is 0.339. The minimum Gasteiger partial charge on any atom is -0.479 e. The predicted molar refractivity (Wildman–Crippen MR) is 48.2 cm³/mol. The first-order valence-corrected chi connectivity index (χ1v) is 4.65. The van der Waals surface area contributed by atoms with Gasteiger partial charge in [0.2, 0.25) is 0 Å². The number of hydrogen-bond donors (Lipinski definition) is 3. The molecule has 1 rings (SSSR count). The Balaban J connectivity index is 2.68. The van der Waals surface area contributed by atoms with Crippen LogP contribution >= 0.6 is 0 Å². The van der Waals surface area contributed by atoms with E-state index >= 15 is 0 Å². The summed E-state index contributed by atoms with van der Waals surface area (Å²) in [6.07, 6.45) is 1.76. The standard InChI is InChI=1S/C9H17NO3/c1-6-3-2-4-9(10,5-6)7(11)8(12)13/h6-7,11H,2-5,10H2,1H3,(H,12,13). The molecule has 0 saturated heterocycles. The summed E-state index contributed by atoms with van der Waals surface area (Å²) in [6, 6.07) is 0. The highest BCUT2D eigenvalue weighted by atomic mass is 16.4. The van der Waals surface area contributed by atoms with Crippen molar-refractivity contribution in [2.24, 2.45) is 11.7 Å². The number of nitrogens with two attached hydrogens (primary N) is 1. The average Bonchev–Trinajstić information content (AvgIpc) is 2.02. The molecule has 0 bridgehead atoms. The summed E-state index contributed by atoms with van der Waals surface area (Å²) in [6.45, 7) is 2.04. The zero-order valence-corrected chi connectivity index (χ0v) is 7.86. The number of carboxylic acids is 1. The second-order valence-electron chi connectivity index (χ2n) is 4.18. The first kappa shape index (κ1) is 10.5. The summed E-state index contributed by atoms with van der Waals surface area (Å²) in [5, 5.41) is 18.1. The molecule has 4 heteroatoms. The molecule has 0 amide bonds. The lowest BCUT2D eigenvalue weighted by atomic mass is 9.74. The van der Waals surface area contributed by atoms with Gasteiger partial charge >= 0.3 is 5.97 Å². The largest absolute Gasteiger partial charge is 0.479 e. The van der Waals surface area contributed by atoms with E-state index in [1.807, 2.05) is 6.92 Å². The Morgan fingerprint density at radius 3 is 2.77 bits per heavy atom. The van der Waals surface area contributed by atoms with E-state index in [0.29, 0.717) is 18.8 Å². The lowest BCUT2D eigenvalue weighted by Crippen LogP contribution is -2.56. The fourth-order valence-electron chi connectivity index (χ4n) is 2.13. The van der Waals surface area contributed by atoms with E-state index in [0.717, 1.165) is 12.8 Å². The average molecular weight is 187 g/mol. The van der Waals surface area contributed by atoms with Crippen LogP contribution in [0.4, 0.5) is 0 Å². The van der Waals surface area contributed by atoms with Gasteiger partial charge in [-0.25, -0.2) is 4.79 Å². The maximum Gasteiger partial charge on any atom is 0.334 e. The summed E-state index contributed by atoms with van der Waals surface area (Å²) in [5.74, 6) is -0.802. The van der Waals surface area contributed by atoms with Gasteiger partial charge in [-0.2, -0.15) is 0 Å². The maximum atomic E-state index is 10.6. The van der Waals surface area contributed by atoms with Crippen molar-refractivity contribution in [3.63, 3.8) is 0 Å². The first-order chi connectivity index (χ1) is 5.96. The van der Waals surface area contributed by atoms with Gasteiger partial charge in [-0.15, -0.1) is 0 Å². The van der Waals surface area contributed by atoms with Crippen LogP contribution in [0.5, 0.6) is 0 Å². The molecule has 1 fully saturated rings. The van der Waals surface area contributed by atoms with Gasteiger partial charge < -0.3 is 15.9 Å². The summed E-state index contributed by atoms with van der Waals surface area (Å²) in [5.41, 5.74) is 4.95. The van der Waals surface area contributed by atoms with E-state index in [2.05, 4.69) is 0 Å². The van der Waals surface area contributed by atoms with Crippen molar-refractivity contribution in [1.29, 1.82) is 0 Å². The van der Waals surface area contributed by atoms with Gasteiger partial charge in [0, 0.05) is 0 Å². The topological polar surface area (TPSA) is 83.5 Å². The smallest absolute Gasteiger partial charge is 0.334 e. The molecule has 4 nitrogen and oxygen atoms in total. The van der Waals surface area contributed by atoms with Crippen molar-refractivity contribution in [1.82, 2.24) is 0 Å². The maximum absolute atomic E-state index is 10.6. The van der Waals surface area contributed by atoms with E-state index in [4.69, 9.17) is 10.8 Å². The van der Waals surface area contributed by atoms with Crippen LogP contribution in [0.2, 0.25) is 0 Å². The van der Waals surface area contributed by atoms with Crippen LogP contribution < -0.4 is 5.73 Å². The Hall–Kier alpha value is -0.610. The lowest BCUT2D eigenvalue weighted by Gasteiger charge is -2.38. The number of rotatable bonds is 2. The van der Waals surface area contributed by atoms with Crippen LogP contribution in [-0.4, -0.2) is 27.8 Å². The summed E-state index contributed by atoms with van der Waals surface area (Å²) in [4.78, 5) is 10.6. The summed E-state index contributed by atoms with van der Waals surface area (Å²) < 4.78 is 0. The lowest BCUT2D eigenvalue weighted by molar-refractivity contribution is -0.151. The Kier molecular flexibility index (Phi) is 2.93. The third kappa shape index (κ3) is 2.19. The molecule has 1 aliphatic carbocycles. The molecule has 0 aromatic heterocycles. The Labute approximate surface area is 77.7 Å². The third-order valence-corrected chi connectivity index (χ3v) is 2.85. The molecule has 4 N–H and O–H groups in total. The van der Waals surface area contributed by atoms with Gasteiger partial charge in [0.1, 0.15) is 0 Å². The normalized spacial score (nSPS) is 37.0. The Bertz CT molecular complexity index is 207. The molecule has 0 heterocycles. The minimum atomic E-state index is -1.42. The molecule has 3 atom stereocenters. The van der Waals surface area contributed by atoms with Crippen molar-refractivity contribution in [2.45, 2.75) is 44.2 Å². The van der Waals surface area contributed by atoms with Crippen molar-refractivity contribution in [3.05, 3.63) is 0 Å². The molecule has 0 aliphatic heterocycles. The van der Waals surface area contributed by atoms with Gasteiger partial charge in [-0.1, -0.05) is 19.8 Å². The SMILES string of the molecule is CC1CCCC(N)(C(O)C(=O)O)C1. The molecule has 1 aliphatic rings. The van der Waals surface area contributed by atoms with Gasteiger partial charge in [0.15, 0.2) is 6.10 Å². The quantitative estimate of drug-likeness (QED) is 0.582. The van der Waals surface area contributed by atoms with Crippen molar-refractivity contribution in [2.75, 3.05) is 0 Å². The van der Waals surface area contributed by atoms with Gasteiger partial charge in [0.05, 0.1) is 5.54 Å². The molecule has 0 aromatic carbocycles. The highest BCUT2D eigenvalue weighted by molar-refractivity contribution is 5.73. The molecule has 0 radical (unpaired) electrons. The highest BCUT2D eigenvalue weighted by Gasteiger charge is 2.41. The third-order valence-electron chi connectivity index (χ3n) is 2.85. The van der Waals surface area contributed by atoms with E-state index < -0.39 is 17.6 Å². The molecule has 1 saturated carbocycles. The van der Waals surface area contributed by atoms with Crippen molar-refractivity contribution < 1.29 is 15.0 Å².